The summed E-state index contributed by atoms with van der Waals surface area (Å²) in [5.74, 6) is 4.93. The topological polar surface area (TPSA) is 35.5 Å². The lowest BCUT2D eigenvalue weighted by molar-refractivity contribution is -0.142. The van der Waals surface area contributed by atoms with Gasteiger partial charge in [0.1, 0.15) is 0 Å². The van der Waals surface area contributed by atoms with Gasteiger partial charge in [-0.25, -0.2) is 0 Å². The lowest BCUT2D eigenvalue weighted by Gasteiger charge is -2.30. The monoisotopic (exact) mass is 252 g/mol. The van der Waals surface area contributed by atoms with Crippen LogP contribution in [0.1, 0.15) is 32.6 Å². The largest absolute Gasteiger partial charge is 0.466 e. The molecule has 3 saturated carbocycles. The summed E-state index contributed by atoms with van der Waals surface area (Å²) in [6.45, 7) is 3.10. The number of esters is 1. The summed E-state index contributed by atoms with van der Waals surface area (Å²) in [4.78, 5) is 10.9. The summed E-state index contributed by atoms with van der Waals surface area (Å²) < 4.78 is 10.6. The van der Waals surface area contributed by atoms with E-state index in [4.69, 9.17) is 9.47 Å². The van der Waals surface area contributed by atoms with Crippen molar-refractivity contribution >= 4 is 5.97 Å². The predicted molar refractivity (Wildman–Crippen MR) is 67.9 cm³/mol. The number of carbonyl (C=O) groups is 1. The molecule has 6 atom stereocenters. The fourth-order valence-electron chi connectivity index (χ4n) is 5.10. The number of ether oxygens (including phenoxy) is 2. The van der Waals surface area contributed by atoms with Gasteiger partial charge >= 0.3 is 5.97 Å². The molecule has 0 amide bonds. The van der Waals surface area contributed by atoms with Gasteiger partial charge in [0.2, 0.25) is 0 Å². The third kappa shape index (κ3) is 2.07. The highest BCUT2D eigenvalue weighted by atomic mass is 16.5. The first-order chi connectivity index (χ1) is 8.69. The number of hydrogen-bond donors (Lipinski definition) is 0. The molecule has 2 bridgehead atoms. The van der Waals surface area contributed by atoms with Gasteiger partial charge in [0.05, 0.1) is 6.61 Å². The second-order valence-corrected chi connectivity index (χ2v) is 6.58. The lowest BCUT2D eigenvalue weighted by Crippen LogP contribution is -2.26. The van der Waals surface area contributed by atoms with Crippen LogP contribution in [0.5, 0.6) is 0 Å². The lowest BCUT2D eigenvalue weighted by atomic mass is 9.76. The van der Waals surface area contributed by atoms with Crippen molar-refractivity contribution in [1.82, 2.24) is 0 Å². The Bertz CT molecular complexity index is 328. The van der Waals surface area contributed by atoms with Crippen molar-refractivity contribution in [2.45, 2.75) is 32.6 Å². The Morgan fingerprint density at radius 1 is 1.06 bits per heavy atom. The molecular formula is C15H24O3. The Morgan fingerprint density at radius 2 is 1.83 bits per heavy atom. The van der Waals surface area contributed by atoms with Gasteiger partial charge in [-0.05, 0) is 61.2 Å². The van der Waals surface area contributed by atoms with Gasteiger partial charge in [-0.3, -0.25) is 4.79 Å². The third-order valence-electron chi connectivity index (χ3n) is 5.61. The summed E-state index contributed by atoms with van der Waals surface area (Å²) >= 11 is 0. The van der Waals surface area contributed by atoms with Gasteiger partial charge in [-0.15, -0.1) is 0 Å². The normalized spacial score (nSPS) is 45.2. The molecule has 3 aliphatic rings. The molecule has 102 valence electrons. The number of fused-ring (bicyclic) bond motifs is 5. The van der Waals surface area contributed by atoms with E-state index in [1.807, 2.05) is 7.11 Å². The van der Waals surface area contributed by atoms with E-state index in [0.29, 0.717) is 12.5 Å². The molecule has 0 aromatic rings. The zero-order chi connectivity index (χ0) is 12.7. The summed E-state index contributed by atoms with van der Waals surface area (Å²) in [6.07, 6.45) is 5.38. The number of carbonyl (C=O) groups excluding carboxylic acids is 1. The average Bonchev–Trinajstić information content (AvgIpc) is 2.95. The summed E-state index contributed by atoms with van der Waals surface area (Å²) in [7, 11) is 1.82. The summed E-state index contributed by atoms with van der Waals surface area (Å²) in [5.41, 5.74) is 0. The SMILES string of the molecule is COCC1CC2CC1C1CC(COC(C)=O)CC21. The zero-order valence-corrected chi connectivity index (χ0v) is 11.4. The van der Waals surface area contributed by atoms with Gasteiger partial charge in [0.15, 0.2) is 0 Å². The van der Waals surface area contributed by atoms with Gasteiger partial charge < -0.3 is 9.47 Å². The Morgan fingerprint density at radius 3 is 2.56 bits per heavy atom. The molecule has 6 unspecified atom stereocenters. The van der Waals surface area contributed by atoms with Crippen LogP contribution in [-0.2, 0) is 14.3 Å². The minimum Gasteiger partial charge on any atom is -0.466 e. The van der Waals surface area contributed by atoms with Crippen LogP contribution in [0.4, 0.5) is 0 Å². The maximum atomic E-state index is 10.9. The molecule has 3 heteroatoms. The van der Waals surface area contributed by atoms with E-state index >= 15 is 0 Å². The van der Waals surface area contributed by atoms with E-state index in [1.54, 1.807) is 0 Å². The molecule has 0 heterocycles. The second kappa shape index (κ2) is 4.84. The second-order valence-electron chi connectivity index (χ2n) is 6.58. The van der Waals surface area contributed by atoms with Crippen LogP contribution in [0.25, 0.3) is 0 Å². The minimum atomic E-state index is -0.132. The van der Waals surface area contributed by atoms with E-state index in [9.17, 15) is 4.79 Å². The first-order valence-electron chi connectivity index (χ1n) is 7.31. The van der Waals surface area contributed by atoms with Crippen LogP contribution in [0.3, 0.4) is 0 Å². The average molecular weight is 252 g/mol. The highest BCUT2D eigenvalue weighted by molar-refractivity contribution is 5.65. The molecule has 0 aliphatic heterocycles. The Balaban J connectivity index is 1.57. The van der Waals surface area contributed by atoms with Crippen molar-refractivity contribution in [2.75, 3.05) is 20.3 Å². The summed E-state index contributed by atoms with van der Waals surface area (Å²) in [6, 6.07) is 0. The van der Waals surface area contributed by atoms with Gasteiger partial charge in [-0.1, -0.05) is 0 Å². The molecular weight excluding hydrogens is 228 g/mol. The fraction of sp³-hybridized carbons (Fsp3) is 0.933. The van der Waals surface area contributed by atoms with Crippen molar-refractivity contribution in [3.05, 3.63) is 0 Å². The zero-order valence-electron chi connectivity index (χ0n) is 11.4. The minimum absolute atomic E-state index is 0.132. The predicted octanol–water partition coefficient (Wildman–Crippen LogP) is 2.49. The molecule has 3 aliphatic carbocycles. The van der Waals surface area contributed by atoms with Crippen molar-refractivity contribution in [2.24, 2.45) is 35.5 Å². The van der Waals surface area contributed by atoms with Gasteiger partial charge in [-0.2, -0.15) is 0 Å². The van der Waals surface area contributed by atoms with Crippen molar-refractivity contribution < 1.29 is 14.3 Å². The number of methoxy groups -OCH3 is 1. The standard InChI is InChI=1S/C15H24O3/c1-9(16)18-7-10-3-13-11-5-12(8-17-2)14(6-11)15(13)4-10/h10-15H,3-8H2,1-2H3. The maximum Gasteiger partial charge on any atom is 0.302 e. The molecule has 0 aromatic carbocycles. The highest BCUT2D eigenvalue weighted by Crippen LogP contribution is 2.62. The highest BCUT2D eigenvalue weighted by Gasteiger charge is 2.55. The fourth-order valence-corrected chi connectivity index (χ4v) is 5.10. The molecule has 0 spiro atoms. The van der Waals surface area contributed by atoms with Crippen molar-refractivity contribution in [3.8, 4) is 0 Å². The van der Waals surface area contributed by atoms with Crippen LogP contribution in [0, 0.1) is 35.5 Å². The smallest absolute Gasteiger partial charge is 0.302 e. The van der Waals surface area contributed by atoms with Gasteiger partial charge in [0, 0.05) is 20.6 Å². The van der Waals surface area contributed by atoms with E-state index in [1.165, 1.54) is 32.6 Å². The quantitative estimate of drug-likeness (QED) is 0.721. The molecule has 3 rings (SSSR count). The number of rotatable bonds is 4. The van der Waals surface area contributed by atoms with Crippen LogP contribution in [0.2, 0.25) is 0 Å². The van der Waals surface area contributed by atoms with E-state index in [-0.39, 0.29) is 5.97 Å². The Kier molecular flexibility index (Phi) is 3.35. The molecule has 3 nitrogen and oxygen atoms in total. The Labute approximate surface area is 109 Å². The van der Waals surface area contributed by atoms with E-state index in [2.05, 4.69) is 0 Å². The summed E-state index contributed by atoms with van der Waals surface area (Å²) in [5, 5.41) is 0. The van der Waals surface area contributed by atoms with E-state index < -0.39 is 0 Å². The number of hydrogen-bond acceptors (Lipinski definition) is 3. The molecule has 0 saturated heterocycles. The Hall–Kier alpha value is -0.570. The van der Waals surface area contributed by atoms with Gasteiger partial charge in [0.25, 0.3) is 0 Å². The van der Waals surface area contributed by atoms with Crippen LogP contribution < -0.4 is 0 Å². The third-order valence-corrected chi connectivity index (χ3v) is 5.61. The van der Waals surface area contributed by atoms with Crippen molar-refractivity contribution in [3.63, 3.8) is 0 Å². The molecule has 0 aromatic heterocycles. The first kappa shape index (κ1) is 12.5. The van der Waals surface area contributed by atoms with E-state index in [0.717, 1.165) is 36.2 Å². The van der Waals surface area contributed by atoms with Crippen LogP contribution >= 0.6 is 0 Å². The molecule has 0 radical (unpaired) electrons. The molecule has 3 fully saturated rings. The van der Waals surface area contributed by atoms with Crippen LogP contribution in [-0.4, -0.2) is 26.3 Å². The maximum absolute atomic E-state index is 10.9. The molecule has 18 heavy (non-hydrogen) atoms. The molecule has 0 N–H and O–H groups in total. The first-order valence-corrected chi connectivity index (χ1v) is 7.31. The van der Waals surface area contributed by atoms with Crippen molar-refractivity contribution in [1.29, 1.82) is 0 Å². The van der Waals surface area contributed by atoms with Crippen LogP contribution in [0.15, 0.2) is 0 Å².